The van der Waals surface area contributed by atoms with Crippen LogP contribution in [0, 0.1) is 0 Å². The predicted molar refractivity (Wildman–Crippen MR) is 70.2 cm³/mol. The summed E-state index contributed by atoms with van der Waals surface area (Å²) in [6.45, 7) is 0. The molecular weight excluding hydrogens is 306 g/mol. The molecule has 0 aliphatic carbocycles. The predicted octanol–water partition coefficient (Wildman–Crippen LogP) is 2.03. The molecular formula is C9H5N5O2S3. The van der Waals surface area contributed by atoms with Crippen LogP contribution in [-0.2, 0) is 0 Å². The highest BCUT2D eigenvalue weighted by Crippen LogP contribution is 2.30. The van der Waals surface area contributed by atoms with Crippen LogP contribution in [0.2, 0.25) is 0 Å². The number of nitrogens with zero attached hydrogens (tertiary/aromatic N) is 5. The maximum absolute atomic E-state index is 11.1. The molecule has 0 radical (unpaired) electrons. The molecule has 0 aromatic carbocycles. The van der Waals surface area contributed by atoms with E-state index in [2.05, 4.69) is 20.5 Å². The molecule has 0 bridgehead atoms. The van der Waals surface area contributed by atoms with Gasteiger partial charge in [-0.1, -0.05) is 0 Å². The highest BCUT2D eigenvalue weighted by atomic mass is 32.2. The van der Waals surface area contributed by atoms with Gasteiger partial charge >= 0.3 is 5.97 Å². The maximum atomic E-state index is 11.1. The Morgan fingerprint density at radius 2 is 2.26 bits per heavy atom. The smallest absolute Gasteiger partial charge is 0.338 e. The molecule has 0 aliphatic heterocycles. The van der Waals surface area contributed by atoms with Gasteiger partial charge in [-0.3, -0.25) is 0 Å². The summed E-state index contributed by atoms with van der Waals surface area (Å²) >= 11 is 4.03. The van der Waals surface area contributed by atoms with Crippen LogP contribution < -0.4 is 0 Å². The second-order valence-corrected chi connectivity index (χ2v) is 6.22. The van der Waals surface area contributed by atoms with Crippen LogP contribution in [0.15, 0.2) is 32.5 Å². The van der Waals surface area contributed by atoms with Crippen LogP contribution in [0.1, 0.15) is 10.4 Å². The van der Waals surface area contributed by atoms with Crippen LogP contribution in [0.4, 0.5) is 0 Å². The summed E-state index contributed by atoms with van der Waals surface area (Å²) in [6, 6.07) is 1.53. The Morgan fingerprint density at radius 1 is 1.37 bits per heavy atom. The molecule has 0 spiro atoms. The van der Waals surface area contributed by atoms with E-state index in [1.165, 1.54) is 45.2 Å². The highest BCUT2D eigenvalue weighted by Gasteiger charge is 2.19. The molecule has 3 heterocycles. The third-order valence-electron chi connectivity index (χ3n) is 2.10. The van der Waals surface area contributed by atoms with Crippen molar-refractivity contribution in [3.63, 3.8) is 0 Å². The van der Waals surface area contributed by atoms with Crippen molar-refractivity contribution >= 4 is 40.4 Å². The van der Waals surface area contributed by atoms with Crippen molar-refractivity contribution in [1.29, 1.82) is 0 Å². The minimum atomic E-state index is -1.00. The number of hydrogen-bond acceptors (Lipinski definition) is 8. The molecule has 10 heteroatoms. The van der Waals surface area contributed by atoms with Crippen molar-refractivity contribution in [3.05, 3.63) is 28.6 Å². The molecule has 96 valence electrons. The fraction of sp³-hybridized carbons (Fsp3) is 0. The van der Waals surface area contributed by atoms with E-state index < -0.39 is 5.97 Å². The lowest BCUT2D eigenvalue weighted by Gasteiger charge is -2.01. The zero-order valence-corrected chi connectivity index (χ0v) is 11.6. The second-order valence-electron chi connectivity index (χ2n) is 3.22. The summed E-state index contributed by atoms with van der Waals surface area (Å²) in [6.07, 6.45) is 1.69. The lowest BCUT2D eigenvalue weighted by molar-refractivity contribution is 0.0697. The number of rotatable bonds is 4. The number of tetrazole rings is 1. The second kappa shape index (κ2) is 5.07. The van der Waals surface area contributed by atoms with Gasteiger partial charge < -0.3 is 5.11 Å². The van der Waals surface area contributed by atoms with Gasteiger partial charge in [-0.2, -0.15) is 4.68 Å². The Morgan fingerprint density at radius 3 is 3.00 bits per heavy atom. The number of carbonyl (C=O) groups is 1. The zero-order valence-electron chi connectivity index (χ0n) is 9.13. The minimum Gasteiger partial charge on any atom is -0.478 e. The third kappa shape index (κ3) is 2.37. The van der Waals surface area contributed by atoms with E-state index in [0.29, 0.717) is 10.2 Å². The number of thiazole rings is 1. The molecule has 0 fully saturated rings. The monoisotopic (exact) mass is 311 g/mol. The lowest BCUT2D eigenvalue weighted by atomic mass is 10.3. The number of carboxylic acids is 1. The first-order valence-corrected chi connectivity index (χ1v) is 7.50. The van der Waals surface area contributed by atoms with Gasteiger partial charge in [-0.25, -0.2) is 9.78 Å². The molecule has 7 nitrogen and oxygen atoms in total. The molecule has 3 rings (SSSR count). The van der Waals surface area contributed by atoms with Gasteiger partial charge in [0, 0.05) is 11.6 Å². The number of aromatic carboxylic acids is 1. The summed E-state index contributed by atoms with van der Waals surface area (Å²) in [7, 11) is 0. The van der Waals surface area contributed by atoms with Crippen molar-refractivity contribution in [2.45, 2.75) is 9.50 Å². The largest absolute Gasteiger partial charge is 0.478 e. The first kappa shape index (κ1) is 12.3. The topological polar surface area (TPSA) is 93.8 Å². The molecule has 0 amide bonds. The molecule has 0 aliphatic rings. The third-order valence-corrected chi connectivity index (χ3v) is 4.81. The quantitative estimate of drug-likeness (QED) is 0.787. The molecule has 3 aromatic rings. The first-order chi connectivity index (χ1) is 9.25. The maximum Gasteiger partial charge on any atom is 0.338 e. The summed E-state index contributed by atoms with van der Waals surface area (Å²) < 4.78 is 2.21. The first-order valence-electron chi connectivity index (χ1n) is 4.92. The molecule has 1 N–H and O–H groups in total. The van der Waals surface area contributed by atoms with E-state index in [1.54, 1.807) is 11.6 Å². The van der Waals surface area contributed by atoms with Crippen LogP contribution in [-0.4, -0.2) is 36.3 Å². The summed E-state index contributed by atoms with van der Waals surface area (Å²) in [4.78, 5) is 15.2. The average Bonchev–Trinajstić information content (AvgIpc) is 3.08. The molecule has 0 saturated carbocycles. The minimum absolute atomic E-state index is 0.179. The average molecular weight is 311 g/mol. The molecule has 0 saturated heterocycles. The number of carboxylic acid groups (broad SMARTS) is 1. The van der Waals surface area contributed by atoms with Crippen molar-refractivity contribution in [2.75, 3.05) is 0 Å². The Bertz CT molecular complexity index is 705. The van der Waals surface area contributed by atoms with E-state index in [1.807, 2.05) is 5.38 Å². The number of aromatic nitrogens is 5. The van der Waals surface area contributed by atoms with E-state index in [-0.39, 0.29) is 5.56 Å². The number of thiophene rings is 1. The normalized spacial score (nSPS) is 10.7. The van der Waals surface area contributed by atoms with Crippen molar-refractivity contribution in [3.8, 4) is 5.00 Å². The van der Waals surface area contributed by atoms with Crippen molar-refractivity contribution < 1.29 is 9.90 Å². The molecule has 3 aromatic heterocycles. The van der Waals surface area contributed by atoms with Gasteiger partial charge in [0.15, 0.2) is 4.34 Å². The van der Waals surface area contributed by atoms with E-state index >= 15 is 0 Å². The standard InChI is InChI=1S/C9H5N5O2S3/c15-7(16)5-1-3-17-6(5)14-8(11-12-13-14)19-9-10-2-4-18-9/h1-4H,(H,15,16). The molecule has 19 heavy (non-hydrogen) atoms. The van der Waals surface area contributed by atoms with Gasteiger partial charge in [0.2, 0.25) is 5.16 Å². The number of hydrogen-bond donors (Lipinski definition) is 1. The van der Waals surface area contributed by atoms with Gasteiger partial charge in [0.1, 0.15) is 5.00 Å². The SMILES string of the molecule is O=C(O)c1ccsc1-n1nnnc1Sc1nccs1. The Hall–Kier alpha value is -1.78. The van der Waals surface area contributed by atoms with Crippen LogP contribution in [0.3, 0.4) is 0 Å². The van der Waals surface area contributed by atoms with Crippen LogP contribution >= 0.6 is 34.4 Å². The fourth-order valence-electron chi connectivity index (χ4n) is 1.34. The van der Waals surface area contributed by atoms with Crippen LogP contribution in [0.5, 0.6) is 0 Å². The summed E-state index contributed by atoms with van der Waals surface area (Å²) in [5.41, 5.74) is 0.179. The van der Waals surface area contributed by atoms with Crippen molar-refractivity contribution in [1.82, 2.24) is 25.2 Å². The molecule has 0 unspecified atom stereocenters. The van der Waals surface area contributed by atoms with Crippen LogP contribution in [0.25, 0.3) is 5.00 Å². The summed E-state index contributed by atoms with van der Waals surface area (Å²) in [5, 5.41) is 24.9. The fourth-order valence-corrected chi connectivity index (χ4v) is 3.74. The Labute approximate surface area is 118 Å². The van der Waals surface area contributed by atoms with Gasteiger partial charge in [-0.05, 0) is 33.6 Å². The van der Waals surface area contributed by atoms with Gasteiger partial charge in [-0.15, -0.1) is 27.8 Å². The van der Waals surface area contributed by atoms with Gasteiger partial charge in [0.25, 0.3) is 0 Å². The Balaban J connectivity index is 2.00. The highest BCUT2D eigenvalue weighted by molar-refractivity contribution is 8.00. The molecule has 0 atom stereocenters. The van der Waals surface area contributed by atoms with Gasteiger partial charge in [0.05, 0.1) is 5.56 Å². The Kier molecular flexibility index (Phi) is 3.27. The zero-order chi connectivity index (χ0) is 13.2. The summed E-state index contributed by atoms with van der Waals surface area (Å²) in [5.74, 6) is -1.00. The van der Waals surface area contributed by atoms with Crippen molar-refractivity contribution in [2.24, 2.45) is 0 Å². The lowest BCUT2D eigenvalue weighted by Crippen LogP contribution is -2.04. The van der Waals surface area contributed by atoms with E-state index in [9.17, 15) is 4.79 Å². The van der Waals surface area contributed by atoms with E-state index in [0.717, 1.165) is 4.34 Å². The van der Waals surface area contributed by atoms with E-state index in [4.69, 9.17) is 5.11 Å².